The zero-order valence-electron chi connectivity index (χ0n) is 9.77. The van der Waals surface area contributed by atoms with Gasteiger partial charge >= 0.3 is 0 Å². The van der Waals surface area contributed by atoms with Crippen molar-refractivity contribution in [3.05, 3.63) is 23.8 Å². The summed E-state index contributed by atoms with van der Waals surface area (Å²) in [6.45, 7) is 0.562. The van der Waals surface area contributed by atoms with Crippen LogP contribution in [0.3, 0.4) is 0 Å². The maximum absolute atomic E-state index is 9.10. The van der Waals surface area contributed by atoms with Crippen molar-refractivity contribution in [3.8, 4) is 11.5 Å². The fourth-order valence-electron chi connectivity index (χ4n) is 1.54. The fourth-order valence-corrected chi connectivity index (χ4v) is 1.54. The third kappa shape index (κ3) is 3.40. The standard InChI is InChI=1S/C12H19NO3/c1-15-11-4-9(3-10(7-13)8-14)5-12(6-11)16-2/h4-6,10,14H,3,7-8,13H2,1-2H3/t10-/m1/s1. The molecule has 1 atom stereocenters. The van der Waals surface area contributed by atoms with E-state index in [4.69, 9.17) is 20.3 Å². The van der Waals surface area contributed by atoms with Gasteiger partial charge in [-0.05, 0) is 36.6 Å². The van der Waals surface area contributed by atoms with E-state index in [2.05, 4.69) is 0 Å². The minimum Gasteiger partial charge on any atom is -0.497 e. The van der Waals surface area contributed by atoms with Gasteiger partial charge in [-0.1, -0.05) is 0 Å². The van der Waals surface area contributed by atoms with Crippen LogP contribution in [0.4, 0.5) is 0 Å². The first kappa shape index (κ1) is 12.8. The van der Waals surface area contributed by atoms with Crippen LogP contribution in [0.5, 0.6) is 11.5 Å². The minimum atomic E-state index is 0.0804. The number of ether oxygens (including phenoxy) is 2. The molecule has 0 aliphatic carbocycles. The molecule has 0 spiro atoms. The van der Waals surface area contributed by atoms with E-state index < -0.39 is 0 Å². The molecule has 0 unspecified atom stereocenters. The van der Waals surface area contributed by atoms with E-state index in [1.165, 1.54) is 0 Å². The first-order valence-corrected chi connectivity index (χ1v) is 5.26. The van der Waals surface area contributed by atoms with Crippen LogP contribution in [-0.4, -0.2) is 32.5 Å². The lowest BCUT2D eigenvalue weighted by Crippen LogP contribution is -2.20. The second kappa shape index (κ2) is 6.35. The van der Waals surface area contributed by atoms with E-state index in [-0.39, 0.29) is 12.5 Å². The Balaban J connectivity index is 2.85. The molecule has 3 N–H and O–H groups in total. The number of aliphatic hydroxyl groups is 1. The van der Waals surface area contributed by atoms with Gasteiger partial charge in [0, 0.05) is 12.7 Å². The molecule has 1 aromatic rings. The Bertz CT molecular complexity index is 302. The second-order valence-electron chi connectivity index (χ2n) is 3.71. The number of hydrogen-bond acceptors (Lipinski definition) is 4. The molecule has 0 amide bonds. The zero-order chi connectivity index (χ0) is 12.0. The molecule has 0 saturated heterocycles. The normalized spacial score (nSPS) is 12.2. The fraction of sp³-hybridized carbons (Fsp3) is 0.500. The summed E-state index contributed by atoms with van der Waals surface area (Å²) >= 11 is 0. The number of methoxy groups -OCH3 is 2. The van der Waals surface area contributed by atoms with E-state index >= 15 is 0 Å². The molecule has 0 radical (unpaired) electrons. The highest BCUT2D eigenvalue weighted by atomic mass is 16.5. The van der Waals surface area contributed by atoms with Crippen LogP contribution in [-0.2, 0) is 6.42 Å². The SMILES string of the molecule is COc1cc(C[C@H](CN)CO)cc(OC)c1. The molecule has 16 heavy (non-hydrogen) atoms. The molecular formula is C12H19NO3. The maximum Gasteiger partial charge on any atom is 0.122 e. The highest BCUT2D eigenvalue weighted by molar-refractivity contribution is 5.38. The van der Waals surface area contributed by atoms with Crippen molar-refractivity contribution in [1.29, 1.82) is 0 Å². The van der Waals surface area contributed by atoms with Crippen LogP contribution in [0.2, 0.25) is 0 Å². The van der Waals surface area contributed by atoms with Crippen LogP contribution >= 0.6 is 0 Å². The molecule has 0 heterocycles. The summed E-state index contributed by atoms with van der Waals surface area (Å²) in [4.78, 5) is 0. The summed E-state index contributed by atoms with van der Waals surface area (Å²) in [5.74, 6) is 1.59. The van der Waals surface area contributed by atoms with Crippen molar-refractivity contribution in [2.24, 2.45) is 11.7 Å². The average molecular weight is 225 g/mol. The summed E-state index contributed by atoms with van der Waals surface area (Å²) in [5.41, 5.74) is 6.61. The summed E-state index contributed by atoms with van der Waals surface area (Å²) in [6.07, 6.45) is 0.723. The Labute approximate surface area is 96.0 Å². The quantitative estimate of drug-likeness (QED) is 0.752. The monoisotopic (exact) mass is 225 g/mol. The Hall–Kier alpha value is -1.26. The number of aliphatic hydroxyl groups excluding tert-OH is 1. The van der Waals surface area contributed by atoms with Gasteiger partial charge in [0.15, 0.2) is 0 Å². The summed E-state index contributed by atoms with van der Waals surface area (Å²) in [7, 11) is 3.23. The molecule has 0 saturated carbocycles. The molecule has 0 aliphatic heterocycles. The topological polar surface area (TPSA) is 64.7 Å². The second-order valence-corrected chi connectivity index (χ2v) is 3.71. The predicted molar refractivity (Wildman–Crippen MR) is 62.9 cm³/mol. The van der Waals surface area contributed by atoms with E-state index in [1.807, 2.05) is 18.2 Å². The smallest absolute Gasteiger partial charge is 0.122 e. The number of rotatable bonds is 6. The van der Waals surface area contributed by atoms with Gasteiger partial charge in [0.05, 0.1) is 14.2 Å². The molecule has 0 fully saturated rings. The van der Waals surface area contributed by atoms with Crippen molar-refractivity contribution in [3.63, 3.8) is 0 Å². The van der Waals surface area contributed by atoms with Gasteiger partial charge in [0.2, 0.25) is 0 Å². The van der Waals surface area contributed by atoms with Gasteiger partial charge in [0.1, 0.15) is 11.5 Å². The van der Waals surface area contributed by atoms with Crippen LogP contribution in [0, 0.1) is 5.92 Å². The Morgan fingerprint density at radius 3 is 2.12 bits per heavy atom. The van der Waals surface area contributed by atoms with Crippen LogP contribution in [0.15, 0.2) is 18.2 Å². The molecule has 4 heteroatoms. The van der Waals surface area contributed by atoms with E-state index in [9.17, 15) is 0 Å². The Morgan fingerprint density at radius 1 is 1.19 bits per heavy atom. The number of benzene rings is 1. The highest BCUT2D eigenvalue weighted by Crippen LogP contribution is 2.23. The Kier molecular flexibility index (Phi) is 5.08. The zero-order valence-corrected chi connectivity index (χ0v) is 9.77. The summed E-state index contributed by atoms with van der Waals surface area (Å²) < 4.78 is 10.3. The minimum absolute atomic E-state index is 0.0804. The van der Waals surface area contributed by atoms with Crippen molar-refractivity contribution in [2.45, 2.75) is 6.42 Å². The highest BCUT2D eigenvalue weighted by Gasteiger charge is 2.08. The van der Waals surface area contributed by atoms with Gasteiger partial charge in [0.25, 0.3) is 0 Å². The largest absolute Gasteiger partial charge is 0.497 e. The molecule has 0 aromatic heterocycles. The molecule has 4 nitrogen and oxygen atoms in total. The van der Waals surface area contributed by atoms with Crippen LogP contribution in [0.25, 0.3) is 0 Å². The lowest BCUT2D eigenvalue weighted by atomic mass is 10.00. The molecule has 0 aliphatic rings. The molecule has 90 valence electrons. The van der Waals surface area contributed by atoms with Gasteiger partial charge in [-0.3, -0.25) is 0 Å². The lowest BCUT2D eigenvalue weighted by molar-refractivity contribution is 0.229. The maximum atomic E-state index is 9.10. The molecule has 0 bridgehead atoms. The van der Waals surface area contributed by atoms with Gasteiger partial charge in [-0.2, -0.15) is 0 Å². The van der Waals surface area contributed by atoms with E-state index in [1.54, 1.807) is 14.2 Å². The van der Waals surface area contributed by atoms with Crippen molar-refractivity contribution >= 4 is 0 Å². The third-order valence-corrected chi connectivity index (χ3v) is 2.53. The molecular weight excluding hydrogens is 206 g/mol. The predicted octanol–water partition coefficient (Wildman–Crippen LogP) is 0.813. The molecule has 1 aromatic carbocycles. The van der Waals surface area contributed by atoms with E-state index in [0.717, 1.165) is 23.5 Å². The summed E-state index contributed by atoms with van der Waals surface area (Å²) in [6, 6.07) is 5.68. The van der Waals surface area contributed by atoms with Crippen molar-refractivity contribution in [1.82, 2.24) is 0 Å². The van der Waals surface area contributed by atoms with Crippen LogP contribution < -0.4 is 15.2 Å². The molecule has 1 rings (SSSR count). The van der Waals surface area contributed by atoms with Crippen molar-refractivity contribution < 1.29 is 14.6 Å². The number of hydrogen-bond donors (Lipinski definition) is 2. The van der Waals surface area contributed by atoms with Gasteiger partial charge in [-0.25, -0.2) is 0 Å². The van der Waals surface area contributed by atoms with Crippen molar-refractivity contribution in [2.75, 3.05) is 27.4 Å². The summed E-state index contributed by atoms with van der Waals surface area (Å²) in [5, 5.41) is 9.10. The van der Waals surface area contributed by atoms with Gasteiger partial charge < -0.3 is 20.3 Å². The number of nitrogens with two attached hydrogens (primary N) is 1. The van der Waals surface area contributed by atoms with Crippen LogP contribution in [0.1, 0.15) is 5.56 Å². The average Bonchev–Trinajstić information content (AvgIpc) is 2.35. The van der Waals surface area contributed by atoms with Gasteiger partial charge in [-0.15, -0.1) is 0 Å². The first-order valence-electron chi connectivity index (χ1n) is 5.26. The lowest BCUT2D eigenvalue weighted by Gasteiger charge is -2.13. The third-order valence-electron chi connectivity index (χ3n) is 2.53. The first-order chi connectivity index (χ1) is 7.73. The van der Waals surface area contributed by atoms with E-state index in [0.29, 0.717) is 6.54 Å². The Morgan fingerprint density at radius 2 is 1.75 bits per heavy atom.